The summed E-state index contributed by atoms with van der Waals surface area (Å²) in [6.07, 6.45) is 0. The largest absolute Gasteiger partial charge is 0.309 e. The van der Waals surface area contributed by atoms with Gasteiger partial charge in [0, 0.05) is 47.8 Å². The molecular formula is C44H28N4S. The predicted molar refractivity (Wildman–Crippen MR) is 205 cm³/mol. The number of aromatic amines is 1. The Bertz CT molecular complexity index is 2840. The van der Waals surface area contributed by atoms with Gasteiger partial charge in [-0.25, -0.2) is 4.98 Å². The van der Waals surface area contributed by atoms with Crippen LogP contribution in [0, 0.1) is 0 Å². The molecule has 49 heavy (non-hydrogen) atoms. The Kier molecular flexibility index (Phi) is 6.32. The van der Waals surface area contributed by atoms with E-state index in [1.54, 1.807) is 0 Å². The Morgan fingerprint density at radius 2 is 1.18 bits per heavy atom. The lowest BCUT2D eigenvalue weighted by Crippen LogP contribution is -1.94. The van der Waals surface area contributed by atoms with Crippen molar-refractivity contribution >= 4 is 53.3 Å². The van der Waals surface area contributed by atoms with E-state index in [1.807, 2.05) is 17.4 Å². The molecule has 3 heterocycles. The lowest BCUT2D eigenvalue weighted by atomic mass is 10.0. The number of nitrogens with zero attached hydrogens (tertiary/aromatic N) is 3. The third-order valence-corrected chi connectivity index (χ3v) is 10.7. The Labute approximate surface area is 286 Å². The maximum absolute atomic E-state index is 4.94. The van der Waals surface area contributed by atoms with Gasteiger partial charge >= 0.3 is 0 Å². The monoisotopic (exact) mass is 644 g/mol. The van der Waals surface area contributed by atoms with Gasteiger partial charge in [0.25, 0.3) is 0 Å². The van der Waals surface area contributed by atoms with E-state index in [-0.39, 0.29) is 0 Å². The minimum atomic E-state index is 0.677. The second-order valence-corrected chi connectivity index (χ2v) is 13.4. The van der Waals surface area contributed by atoms with Crippen LogP contribution in [0.25, 0.3) is 92.7 Å². The molecule has 0 fully saturated rings. The lowest BCUT2D eigenvalue weighted by molar-refractivity contribution is 1.10. The van der Waals surface area contributed by atoms with Crippen LogP contribution in [0.1, 0.15) is 0 Å². The molecule has 0 unspecified atom stereocenters. The van der Waals surface area contributed by atoms with Gasteiger partial charge < -0.3 is 4.57 Å². The Morgan fingerprint density at radius 3 is 2.12 bits per heavy atom. The molecule has 0 aliphatic rings. The summed E-state index contributed by atoms with van der Waals surface area (Å²) in [7, 11) is 0. The van der Waals surface area contributed by atoms with Gasteiger partial charge in [0.2, 0.25) is 0 Å². The molecule has 5 heteroatoms. The van der Waals surface area contributed by atoms with Gasteiger partial charge in [-0.05, 0) is 64.7 Å². The highest BCUT2D eigenvalue weighted by Crippen LogP contribution is 2.42. The van der Waals surface area contributed by atoms with E-state index in [9.17, 15) is 0 Å². The molecule has 230 valence electrons. The quantitative estimate of drug-likeness (QED) is 0.203. The summed E-state index contributed by atoms with van der Waals surface area (Å²) >= 11 is 1.87. The van der Waals surface area contributed by atoms with Crippen molar-refractivity contribution in [2.45, 2.75) is 0 Å². The minimum absolute atomic E-state index is 0.677. The fourth-order valence-corrected chi connectivity index (χ4v) is 8.41. The number of H-pyrrole nitrogens is 1. The molecule has 0 amide bonds. The van der Waals surface area contributed by atoms with Gasteiger partial charge in [-0.3, -0.25) is 5.10 Å². The van der Waals surface area contributed by atoms with Gasteiger partial charge in [-0.15, -0.1) is 11.3 Å². The third-order valence-electron chi connectivity index (χ3n) is 9.48. The fraction of sp³-hybridized carbons (Fsp3) is 0. The molecule has 10 rings (SSSR count). The normalized spacial score (nSPS) is 11.7. The topological polar surface area (TPSA) is 46.5 Å². The lowest BCUT2D eigenvalue weighted by Gasteiger charge is -2.10. The van der Waals surface area contributed by atoms with Crippen LogP contribution in [0.2, 0.25) is 0 Å². The standard InChI is InChI=1S/C44H28N4S/c1-2-11-28(12-3-1)29-13-8-14-31(25-29)43-45-44(47-46-43)32-15-9-16-33(26-32)48-39-21-6-4-17-35(39)38-27-30(23-24-40(38)48)34-19-10-20-37-36-18-5-7-22-41(36)49-42(34)37/h1-27H,(H,45,46,47). The highest BCUT2D eigenvalue weighted by atomic mass is 32.1. The molecule has 0 aliphatic carbocycles. The summed E-state index contributed by atoms with van der Waals surface area (Å²) in [6, 6.07) is 58.3. The van der Waals surface area contributed by atoms with Gasteiger partial charge in [0.05, 0.1) is 11.0 Å². The maximum atomic E-state index is 4.94. The zero-order chi connectivity index (χ0) is 32.3. The fourth-order valence-electron chi connectivity index (χ4n) is 7.17. The molecule has 0 spiro atoms. The highest BCUT2D eigenvalue weighted by molar-refractivity contribution is 7.26. The summed E-state index contributed by atoms with van der Waals surface area (Å²) in [4.78, 5) is 4.94. The number of hydrogen-bond acceptors (Lipinski definition) is 3. The van der Waals surface area contributed by atoms with Crippen molar-refractivity contribution in [2.24, 2.45) is 0 Å². The van der Waals surface area contributed by atoms with E-state index in [0.29, 0.717) is 5.82 Å². The summed E-state index contributed by atoms with van der Waals surface area (Å²) < 4.78 is 5.01. The van der Waals surface area contributed by atoms with Gasteiger partial charge in [-0.2, -0.15) is 5.10 Å². The molecule has 1 N–H and O–H groups in total. The summed E-state index contributed by atoms with van der Waals surface area (Å²) in [5.74, 6) is 1.41. The number of rotatable bonds is 5. The number of benzene rings is 7. The van der Waals surface area contributed by atoms with E-state index in [1.165, 1.54) is 58.7 Å². The van der Waals surface area contributed by atoms with E-state index in [0.717, 1.165) is 28.2 Å². The van der Waals surface area contributed by atoms with Crippen molar-refractivity contribution in [3.05, 3.63) is 164 Å². The number of thiophene rings is 1. The van der Waals surface area contributed by atoms with Crippen molar-refractivity contribution in [3.63, 3.8) is 0 Å². The second-order valence-electron chi connectivity index (χ2n) is 12.4. The molecule has 0 saturated heterocycles. The first-order valence-corrected chi connectivity index (χ1v) is 17.2. The van der Waals surface area contributed by atoms with E-state index < -0.39 is 0 Å². The molecule has 0 radical (unpaired) electrons. The van der Waals surface area contributed by atoms with E-state index in [2.05, 4.69) is 172 Å². The van der Waals surface area contributed by atoms with Crippen LogP contribution in [0.15, 0.2) is 164 Å². The number of fused-ring (bicyclic) bond motifs is 6. The van der Waals surface area contributed by atoms with Crippen LogP contribution in [-0.4, -0.2) is 19.7 Å². The number of nitrogens with one attached hydrogen (secondary N) is 1. The zero-order valence-corrected chi connectivity index (χ0v) is 27.2. The van der Waals surface area contributed by atoms with Crippen LogP contribution in [0.3, 0.4) is 0 Å². The first kappa shape index (κ1) is 27.8. The molecule has 3 aromatic heterocycles. The number of aromatic nitrogens is 4. The zero-order valence-electron chi connectivity index (χ0n) is 26.3. The SMILES string of the molecule is c1ccc(-c2cccc(-c3n[nH]c(-c4cccc(-n5c6ccccc6c6cc(-c7cccc8c7sc7ccccc78)ccc65)c4)n3)c2)cc1. The molecule has 7 aromatic carbocycles. The van der Waals surface area contributed by atoms with Crippen LogP contribution < -0.4 is 0 Å². The van der Waals surface area contributed by atoms with Crippen molar-refractivity contribution in [3.8, 4) is 50.7 Å². The van der Waals surface area contributed by atoms with Crippen molar-refractivity contribution in [1.82, 2.24) is 19.7 Å². The van der Waals surface area contributed by atoms with Crippen molar-refractivity contribution in [1.29, 1.82) is 0 Å². The van der Waals surface area contributed by atoms with Crippen molar-refractivity contribution < 1.29 is 0 Å². The number of para-hydroxylation sites is 1. The molecular weight excluding hydrogens is 617 g/mol. The van der Waals surface area contributed by atoms with Crippen molar-refractivity contribution in [2.75, 3.05) is 0 Å². The summed E-state index contributed by atoms with van der Waals surface area (Å²) in [5, 5.41) is 12.9. The second kappa shape index (κ2) is 11.2. The Balaban J connectivity index is 1.06. The first-order chi connectivity index (χ1) is 24.3. The molecule has 0 atom stereocenters. The summed E-state index contributed by atoms with van der Waals surface area (Å²) in [5.41, 5.74) is 10.2. The summed E-state index contributed by atoms with van der Waals surface area (Å²) in [6.45, 7) is 0. The van der Waals surface area contributed by atoms with E-state index >= 15 is 0 Å². The smallest absolute Gasteiger partial charge is 0.181 e. The van der Waals surface area contributed by atoms with Gasteiger partial charge in [0.15, 0.2) is 11.6 Å². The van der Waals surface area contributed by atoms with Crippen LogP contribution in [-0.2, 0) is 0 Å². The molecule has 4 nitrogen and oxygen atoms in total. The van der Waals surface area contributed by atoms with Crippen LogP contribution in [0.4, 0.5) is 0 Å². The third kappa shape index (κ3) is 4.59. The van der Waals surface area contributed by atoms with Gasteiger partial charge in [-0.1, -0.05) is 121 Å². The molecule has 0 bridgehead atoms. The highest BCUT2D eigenvalue weighted by Gasteiger charge is 2.17. The molecule has 10 aromatic rings. The Morgan fingerprint density at radius 1 is 0.469 bits per heavy atom. The average molecular weight is 645 g/mol. The Hall–Kier alpha value is -6.30. The van der Waals surface area contributed by atoms with Gasteiger partial charge in [0.1, 0.15) is 0 Å². The molecule has 0 aliphatic heterocycles. The number of hydrogen-bond donors (Lipinski definition) is 1. The minimum Gasteiger partial charge on any atom is -0.309 e. The van der Waals surface area contributed by atoms with E-state index in [4.69, 9.17) is 4.98 Å². The average Bonchev–Trinajstić information content (AvgIpc) is 3.90. The predicted octanol–water partition coefficient (Wildman–Crippen LogP) is 11.9. The molecule has 0 saturated carbocycles. The van der Waals surface area contributed by atoms with Crippen LogP contribution in [0.5, 0.6) is 0 Å². The maximum Gasteiger partial charge on any atom is 0.181 e. The first-order valence-electron chi connectivity index (χ1n) is 16.4. The van der Waals surface area contributed by atoms with Crippen LogP contribution >= 0.6 is 11.3 Å².